The first-order chi connectivity index (χ1) is 16.0. The minimum absolute atomic E-state index is 0.116. The molecule has 0 unspecified atom stereocenters. The van der Waals surface area contributed by atoms with Gasteiger partial charge in [-0.05, 0) is 50.6 Å². The third kappa shape index (κ3) is 4.93. The molecule has 0 bridgehead atoms. The van der Waals surface area contributed by atoms with E-state index in [0.717, 1.165) is 29.7 Å². The van der Waals surface area contributed by atoms with Crippen molar-refractivity contribution in [3.8, 4) is 28.5 Å². The summed E-state index contributed by atoms with van der Waals surface area (Å²) >= 11 is 0. The number of benzene rings is 2. The molecule has 4 rings (SSSR count). The fourth-order valence-electron chi connectivity index (χ4n) is 4.56. The first-order valence-electron chi connectivity index (χ1n) is 11.5. The Kier molecular flexibility index (Phi) is 7.08. The van der Waals surface area contributed by atoms with Crippen molar-refractivity contribution in [1.82, 2.24) is 9.47 Å². The zero-order valence-corrected chi connectivity index (χ0v) is 19.7. The number of aryl methyl sites for hydroxylation is 1. The summed E-state index contributed by atoms with van der Waals surface area (Å²) in [5.41, 5.74) is 9.08. The van der Waals surface area contributed by atoms with Gasteiger partial charge in [-0.15, -0.1) is 0 Å². The van der Waals surface area contributed by atoms with E-state index in [-0.39, 0.29) is 5.43 Å². The minimum Gasteiger partial charge on any atom is -0.497 e. The lowest BCUT2D eigenvalue weighted by atomic mass is 10.1. The first-order valence-corrected chi connectivity index (χ1v) is 11.5. The van der Waals surface area contributed by atoms with Crippen LogP contribution in [0.5, 0.6) is 17.2 Å². The van der Waals surface area contributed by atoms with Crippen LogP contribution in [0, 0.1) is 0 Å². The summed E-state index contributed by atoms with van der Waals surface area (Å²) in [6, 6.07) is 10.9. The average molecular weight is 452 g/mol. The zero-order chi connectivity index (χ0) is 23.4. The van der Waals surface area contributed by atoms with Crippen molar-refractivity contribution in [3.63, 3.8) is 0 Å². The molecule has 0 amide bonds. The van der Waals surface area contributed by atoms with Gasteiger partial charge in [0.1, 0.15) is 17.2 Å². The molecule has 2 heterocycles. The topological polar surface area (TPSA) is 79.0 Å². The van der Waals surface area contributed by atoms with Gasteiger partial charge in [0.15, 0.2) is 5.43 Å². The molecular weight excluding hydrogens is 418 g/mol. The molecule has 1 aromatic heterocycles. The average Bonchev–Trinajstić information content (AvgIpc) is 2.84. The predicted molar refractivity (Wildman–Crippen MR) is 133 cm³/mol. The van der Waals surface area contributed by atoms with E-state index in [1.54, 1.807) is 26.4 Å². The largest absolute Gasteiger partial charge is 0.497 e. The van der Waals surface area contributed by atoms with Crippen molar-refractivity contribution >= 4 is 16.6 Å². The number of fused-ring (bicyclic) bond motifs is 1. The molecule has 2 aromatic carbocycles. The van der Waals surface area contributed by atoms with Gasteiger partial charge >= 0.3 is 0 Å². The highest BCUT2D eigenvalue weighted by atomic mass is 16.5. The van der Waals surface area contributed by atoms with Gasteiger partial charge in [-0.25, -0.2) is 0 Å². The third-order valence-corrected chi connectivity index (χ3v) is 6.38. The molecule has 0 spiro atoms. The van der Waals surface area contributed by atoms with Gasteiger partial charge in [0.05, 0.1) is 43.1 Å². The number of pyridine rings is 1. The van der Waals surface area contributed by atoms with Crippen molar-refractivity contribution < 1.29 is 14.2 Å². The van der Waals surface area contributed by atoms with Crippen LogP contribution in [0.2, 0.25) is 0 Å². The number of likely N-dealkylation sites (tertiary alicyclic amines) is 1. The SMILES string of the molecule is COc1cc(OC)c2c(=O)cc(-c3ccc(OCCCN4CCCCC4)c(N)c3)n(C)c2c1. The summed E-state index contributed by atoms with van der Waals surface area (Å²) in [4.78, 5) is 15.5. The van der Waals surface area contributed by atoms with Crippen LogP contribution in [0.3, 0.4) is 0 Å². The second kappa shape index (κ2) is 10.2. The van der Waals surface area contributed by atoms with Gasteiger partial charge in [-0.3, -0.25) is 4.79 Å². The highest BCUT2D eigenvalue weighted by Crippen LogP contribution is 2.33. The van der Waals surface area contributed by atoms with E-state index in [1.807, 2.05) is 35.9 Å². The normalized spacial score (nSPS) is 14.4. The van der Waals surface area contributed by atoms with Crippen LogP contribution in [0.4, 0.5) is 5.69 Å². The quantitative estimate of drug-likeness (QED) is 0.411. The van der Waals surface area contributed by atoms with Crippen molar-refractivity contribution in [2.45, 2.75) is 25.7 Å². The number of hydrogen-bond donors (Lipinski definition) is 1. The van der Waals surface area contributed by atoms with Crippen LogP contribution in [0.1, 0.15) is 25.7 Å². The Morgan fingerprint density at radius 3 is 2.45 bits per heavy atom. The number of nitrogens with zero attached hydrogens (tertiary/aromatic N) is 2. The number of anilines is 1. The molecule has 0 aliphatic carbocycles. The number of aromatic nitrogens is 1. The number of rotatable bonds is 8. The van der Waals surface area contributed by atoms with E-state index in [1.165, 1.54) is 32.4 Å². The van der Waals surface area contributed by atoms with Crippen LogP contribution in [0.15, 0.2) is 41.2 Å². The van der Waals surface area contributed by atoms with Crippen LogP contribution in [0.25, 0.3) is 22.2 Å². The van der Waals surface area contributed by atoms with Crippen molar-refractivity contribution in [1.29, 1.82) is 0 Å². The molecule has 2 N–H and O–H groups in total. The molecule has 0 saturated carbocycles. The minimum atomic E-state index is -0.116. The van der Waals surface area contributed by atoms with E-state index in [9.17, 15) is 4.79 Å². The summed E-state index contributed by atoms with van der Waals surface area (Å²) in [7, 11) is 5.05. The molecule has 1 saturated heterocycles. The lowest BCUT2D eigenvalue weighted by Gasteiger charge is -2.26. The second-order valence-electron chi connectivity index (χ2n) is 8.53. The molecule has 33 heavy (non-hydrogen) atoms. The molecule has 1 aliphatic heterocycles. The molecule has 3 aromatic rings. The molecule has 7 heteroatoms. The Hall–Kier alpha value is -3.19. The maximum atomic E-state index is 13.0. The molecule has 0 atom stereocenters. The molecule has 0 radical (unpaired) electrons. The van der Waals surface area contributed by atoms with Gasteiger partial charge < -0.3 is 29.4 Å². The van der Waals surface area contributed by atoms with Gasteiger partial charge in [0.2, 0.25) is 0 Å². The maximum Gasteiger partial charge on any atom is 0.193 e. The number of nitrogen functional groups attached to an aromatic ring is 1. The Bertz CT molecular complexity index is 1180. The zero-order valence-electron chi connectivity index (χ0n) is 19.7. The third-order valence-electron chi connectivity index (χ3n) is 6.38. The molecule has 1 aliphatic rings. The summed E-state index contributed by atoms with van der Waals surface area (Å²) in [6.07, 6.45) is 4.92. The Balaban J connectivity index is 1.55. The second-order valence-corrected chi connectivity index (χ2v) is 8.53. The molecule has 7 nitrogen and oxygen atoms in total. The fraction of sp³-hybridized carbons (Fsp3) is 0.423. The summed E-state index contributed by atoms with van der Waals surface area (Å²) in [5, 5.41) is 0.520. The van der Waals surface area contributed by atoms with E-state index < -0.39 is 0 Å². The van der Waals surface area contributed by atoms with E-state index >= 15 is 0 Å². The Morgan fingerprint density at radius 1 is 0.970 bits per heavy atom. The molecule has 1 fully saturated rings. The summed E-state index contributed by atoms with van der Waals surface area (Å²) < 4.78 is 18.7. The van der Waals surface area contributed by atoms with Gasteiger partial charge in [0.25, 0.3) is 0 Å². The van der Waals surface area contributed by atoms with E-state index in [2.05, 4.69) is 4.90 Å². The smallest absolute Gasteiger partial charge is 0.193 e. The standard InChI is InChI=1S/C26H33N3O4/c1-28-21(17-23(30)26-22(28)15-19(31-2)16-25(26)32-3)18-8-9-24(20(27)14-18)33-13-7-12-29-10-5-4-6-11-29/h8-9,14-17H,4-7,10-13,27H2,1-3H3. The van der Waals surface area contributed by atoms with Gasteiger partial charge in [0, 0.05) is 37.4 Å². The van der Waals surface area contributed by atoms with Gasteiger partial charge in [-0.1, -0.05) is 6.42 Å². The number of piperidine rings is 1. The number of methoxy groups -OCH3 is 2. The number of hydrogen-bond acceptors (Lipinski definition) is 6. The monoisotopic (exact) mass is 451 g/mol. The molecule has 176 valence electrons. The highest BCUT2D eigenvalue weighted by Gasteiger charge is 2.15. The Morgan fingerprint density at radius 2 is 1.76 bits per heavy atom. The maximum absolute atomic E-state index is 13.0. The van der Waals surface area contributed by atoms with Crippen LogP contribution in [-0.4, -0.2) is 49.9 Å². The fourth-order valence-corrected chi connectivity index (χ4v) is 4.56. The number of nitrogens with two attached hydrogens (primary N) is 1. The Labute approximate surface area is 194 Å². The van der Waals surface area contributed by atoms with Crippen molar-refractivity contribution in [2.75, 3.05) is 46.2 Å². The van der Waals surface area contributed by atoms with Crippen molar-refractivity contribution in [3.05, 3.63) is 46.6 Å². The predicted octanol–water partition coefficient (Wildman–Crippen LogP) is 4.06. The van der Waals surface area contributed by atoms with E-state index in [4.69, 9.17) is 19.9 Å². The van der Waals surface area contributed by atoms with E-state index in [0.29, 0.717) is 34.9 Å². The van der Waals surface area contributed by atoms with Crippen molar-refractivity contribution in [2.24, 2.45) is 7.05 Å². The summed E-state index contributed by atoms with van der Waals surface area (Å²) in [5.74, 6) is 1.79. The lowest BCUT2D eigenvalue weighted by Crippen LogP contribution is -2.31. The highest BCUT2D eigenvalue weighted by molar-refractivity contribution is 5.89. The first kappa shape index (κ1) is 23.0. The van der Waals surface area contributed by atoms with Crippen LogP contribution in [-0.2, 0) is 7.05 Å². The number of ether oxygens (including phenoxy) is 3. The van der Waals surface area contributed by atoms with Crippen LogP contribution >= 0.6 is 0 Å². The summed E-state index contributed by atoms with van der Waals surface area (Å²) in [6.45, 7) is 4.08. The van der Waals surface area contributed by atoms with Crippen LogP contribution < -0.4 is 25.4 Å². The molecular formula is C26H33N3O4. The van der Waals surface area contributed by atoms with Gasteiger partial charge in [-0.2, -0.15) is 0 Å². The lowest BCUT2D eigenvalue weighted by molar-refractivity contribution is 0.205.